The largest absolute Gasteiger partial charge is 0.471 e. The first-order valence-corrected chi connectivity index (χ1v) is 6.99. The number of furan rings is 1. The van der Waals surface area contributed by atoms with Crippen LogP contribution in [0, 0.1) is 0 Å². The van der Waals surface area contributed by atoms with Gasteiger partial charge < -0.3 is 14.6 Å². The molecule has 1 N–H and O–H groups in total. The van der Waals surface area contributed by atoms with Crippen LogP contribution in [0.25, 0.3) is 0 Å². The van der Waals surface area contributed by atoms with Gasteiger partial charge in [0.25, 0.3) is 5.91 Å². The van der Waals surface area contributed by atoms with Crippen LogP contribution in [0.4, 0.5) is 13.2 Å². The second-order valence-electron chi connectivity index (χ2n) is 4.64. The third-order valence-corrected chi connectivity index (χ3v) is 3.58. The van der Waals surface area contributed by atoms with E-state index in [0.29, 0.717) is 4.67 Å². The molecule has 1 aromatic rings. The van der Waals surface area contributed by atoms with Crippen molar-refractivity contribution in [3.05, 3.63) is 22.6 Å². The van der Waals surface area contributed by atoms with Gasteiger partial charge in [0.1, 0.15) is 0 Å². The number of likely N-dealkylation sites (tertiary alicyclic amines) is 1. The quantitative estimate of drug-likeness (QED) is 0.871. The zero-order chi connectivity index (χ0) is 15.6. The van der Waals surface area contributed by atoms with Crippen LogP contribution >= 0.6 is 15.9 Å². The molecule has 116 valence electrons. The number of alkyl halides is 3. The van der Waals surface area contributed by atoms with Gasteiger partial charge in [-0.1, -0.05) is 0 Å². The Balaban J connectivity index is 1.84. The lowest BCUT2D eigenvalue weighted by molar-refractivity contribution is -0.186. The van der Waals surface area contributed by atoms with Gasteiger partial charge in [-0.05, 0) is 40.9 Å². The van der Waals surface area contributed by atoms with Crippen molar-refractivity contribution in [1.82, 2.24) is 10.2 Å². The van der Waals surface area contributed by atoms with Crippen LogP contribution in [-0.4, -0.2) is 42.0 Å². The molecule has 0 unspecified atom stereocenters. The predicted octanol–water partition coefficient (Wildman–Crippen LogP) is 2.33. The number of hydrogen-bond donors (Lipinski definition) is 1. The summed E-state index contributed by atoms with van der Waals surface area (Å²) in [7, 11) is 0. The maximum Gasteiger partial charge on any atom is 0.471 e. The Kier molecular flexibility index (Phi) is 4.60. The Morgan fingerprint density at radius 1 is 1.29 bits per heavy atom. The molecule has 21 heavy (non-hydrogen) atoms. The van der Waals surface area contributed by atoms with E-state index in [1.165, 1.54) is 6.07 Å². The van der Waals surface area contributed by atoms with Gasteiger partial charge in [0.15, 0.2) is 10.4 Å². The highest BCUT2D eigenvalue weighted by Gasteiger charge is 2.43. The molecule has 2 amide bonds. The normalized spacial score (nSPS) is 16.9. The van der Waals surface area contributed by atoms with Gasteiger partial charge in [-0.3, -0.25) is 9.59 Å². The van der Waals surface area contributed by atoms with Crippen molar-refractivity contribution in [1.29, 1.82) is 0 Å². The molecule has 0 aliphatic carbocycles. The highest BCUT2D eigenvalue weighted by atomic mass is 79.9. The third kappa shape index (κ3) is 3.99. The zero-order valence-corrected chi connectivity index (χ0v) is 12.3. The van der Waals surface area contributed by atoms with E-state index in [-0.39, 0.29) is 37.7 Å². The molecule has 0 atom stereocenters. The molecule has 1 aliphatic rings. The summed E-state index contributed by atoms with van der Waals surface area (Å²) in [5.74, 6) is -2.14. The van der Waals surface area contributed by atoms with Crippen molar-refractivity contribution >= 4 is 27.7 Å². The number of carbonyl (C=O) groups is 2. The van der Waals surface area contributed by atoms with Gasteiger partial charge in [0.2, 0.25) is 0 Å². The van der Waals surface area contributed by atoms with Crippen molar-refractivity contribution in [3.8, 4) is 0 Å². The van der Waals surface area contributed by atoms with Crippen LogP contribution in [-0.2, 0) is 4.79 Å². The SMILES string of the molecule is O=C(NC1CCN(C(=O)C(F)(F)F)CC1)c1ccc(Br)o1. The number of amides is 2. The van der Waals surface area contributed by atoms with Gasteiger partial charge in [-0.25, -0.2) is 0 Å². The fourth-order valence-corrected chi connectivity index (χ4v) is 2.41. The van der Waals surface area contributed by atoms with E-state index >= 15 is 0 Å². The second kappa shape index (κ2) is 6.08. The van der Waals surface area contributed by atoms with Gasteiger partial charge in [-0.2, -0.15) is 13.2 Å². The van der Waals surface area contributed by atoms with E-state index in [9.17, 15) is 22.8 Å². The van der Waals surface area contributed by atoms with Gasteiger partial charge in [0, 0.05) is 19.1 Å². The summed E-state index contributed by atoms with van der Waals surface area (Å²) in [5.41, 5.74) is 0. The Bertz CT molecular complexity index is 536. The molecule has 2 rings (SSSR count). The molecule has 9 heteroatoms. The highest BCUT2D eigenvalue weighted by Crippen LogP contribution is 2.22. The van der Waals surface area contributed by atoms with E-state index in [4.69, 9.17) is 4.42 Å². The summed E-state index contributed by atoms with van der Waals surface area (Å²) in [6.45, 7) is -0.0731. The molecule has 0 spiro atoms. The summed E-state index contributed by atoms with van der Waals surface area (Å²) < 4.78 is 42.4. The van der Waals surface area contributed by atoms with Gasteiger partial charge >= 0.3 is 12.1 Å². The number of nitrogens with one attached hydrogen (secondary N) is 1. The third-order valence-electron chi connectivity index (χ3n) is 3.16. The Morgan fingerprint density at radius 3 is 2.38 bits per heavy atom. The van der Waals surface area contributed by atoms with Crippen molar-refractivity contribution in [2.45, 2.75) is 25.1 Å². The monoisotopic (exact) mass is 368 g/mol. The predicted molar refractivity (Wildman–Crippen MR) is 69.5 cm³/mol. The van der Waals surface area contributed by atoms with Gasteiger partial charge in [0.05, 0.1) is 0 Å². The minimum Gasteiger partial charge on any atom is -0.444 e. The molecular formula is C12H12BrF3N2O3. The van der Waals surface area contributed by atoms with Crippen molar-refractivity contribution in [3.63, 3.8) is 0 Å². The molecule has 0 aromatic carbocycles. The van der Waals surface area contributed by atoms with E-state index in [2.05, 4.69) is 21.2 Å². The number of nitrogens with zero attached hydrogens (tertiary/aromatic N) is 1. The molecule has 1 fully saturated rings. The lowest BCUT2D eigenvalue weighted by Gasteiger charge is -2.32. The van der Waals surface area contributed by atoms with Crippen molar-refractivity contribution in [2.24, 2.45) is 0 Å². The molecule has 2 heterocycles. The van der Waals surface area contributed by atoms with Crippen LogP contribution in [0.5, 0.6) is 0 Å². The summed E-state index contributed by atoms with van der Waals surface area (Å²) in [5, 5.41) is 2.67. The first-order chi connectivity index (χ1) is 9.77. The summed E-state index contributed by atoms with van der Waals surface area (Å²) >= 11 is 3.07. The second-order valence-corrected chi connectivity index (χ2v) is 5.42. The van der Waals surface area contributed by atoms with Crippen molar-refractivity contribution in [2.75, 3.05) is 13.1 Å². The highest BCUT2D eigenvalue weighted by molar-refractivity contribution is 9.10. The number of halogens is 4. The van der Waals surface area contributed by atoms with E-state index in [1.54, 1.807) is 6.07 Å². The number of carbonyl (C=O) groups excluding carboxylic acids is 2. The van der Waals surface area contributed by atoms with Gasteiger partial charge in [-0.15, -0.1) is 0 Å². The molecule has 5 nitrogen and oxygen atoms in total. The fraction of sp³-hybridized carbons (Fsp3) is 0.500. The van der Waals surface area contributed by atoms with Crippen molar-refractivity contribution < 1.29 is 27.2 Å². The summed E-state index contributed by atoms with van der Waals surface area (Å²) in [6.07, 6.45) is -4.30. The average molecular weight is 369 g/mol. The molecule has 0 bridgehead atoms. The topological polar surface area (TPSA) is 62.6 Å². The summed E-state index contributed by atoms with van der Waals surface area (Å²) in [4.78, 5) is 23.6. The Labute approximate surface area is 126 Å². The number of hydrogen-bond acceptors (Lipinski definition) is 3. The lowest BCUT2D eigenvalue weighted by Crippen LogP contribution is -2.50. The lowest BCUT2D eigenvalue weighted by atomic mass is 10.0. The van der Waals surface area contributed by atoms with Crippen LogP contribution in [0.15, 0.2) is 21.2 Å². The first-order valence-electron chi connectivity index (χ1n) is 6.19. The van der Waals surface area contributed by atoms with E-state index < -0.39 is 18.0 Å². The number of rotatable bonds is 2. The Hall–Kier alpha value is -1.51. The van der Waals surface area contributed by atoms with E-state index in [1.807, 2.05) is 0 Å². The molecule has 0 radical (unpaired) electrons. The minimum absolute atomic E-state index is 0.0366. The zero-order valence-electron chi connectivity index (χ0n) is 10.7. The molecule has 1 saturated heterocycles. The summed E-state index contributed by atoms with van der Waals surface area (Å²) in [6, 6.07) is 2.78. The van der Waals surface area contributed by atoms with Crippen LogP contribution in [0.1, 0.15) is 23.4 Å². The maximum absolute atomic E-state index is 12.3. The molecule has 0 saturated carbocycles. The Morgan fingerprint density at radius 2 is 1.90 bits per heavy atom. The van der Waals surface area contributed by atoms with E-state index in [0.717, 1.165) is 4.90 Å². The molecule has 1 aliphatic heterocycles. The van der Waals surface area contributed by atoms with Crippen LogP contribution in [0.2, 0.25) is 0 Å². The maximum atomic E-state index is 12.3. The molecular weight excluding hydrogens is 357 g/mol. The average Bonchev–Trinajstić information content (AvgIpc) is 2.84. The minimum atomic E-state index is -4.85. The smallest absolute Gasteiger partial charge is 0.444 e. The number of piperidine rings is 1. The molecule has 1 aromatic heterocycles. The van der Waals surface area contributed by atoms with Crippen LogP contribution < -0.4 is 5.32 Å². The van der Waals surface area contributed by atoms with Crippen LogP contribution in [0.3, 0.4) is 0 Å². The fourth-order valence-electron chi connectivity index (χ4n) is 2.10. The first kappa shape index (κ1) is 15.9. The standard InChI is InChI=1S/C12H12BrF3N2O3/c13-9-2-1-8(21-9)10(19)17-7-3-5-18(6-4-7)11(20)12(14,15)16/h1-2,7H,3-6H2,(H,17,19).